The second-order valence-corrected chi connectivity index (χ2v) is 4.66. The molecule has 0 fully saturated rings. The Morgan fingerprint density at radius 2 is 2.06 bits per heavy atom. The zero-order valence-corrected chi connectivity index (χ0v) is 11.5. The number of nitrogens with two attached hydrogens (primary N) is 1. The van der Waals surface area contributed by atoms with E-state index in [1.807, 2.05) is 45.2 Å². The molecule has 1 aromatic carbocycles. The molecule has 4 heteroatoms. The van der Waals surface area contributed by atoms with Crippen LogP contribution in [-0.2, 0) is 4.74 Å². The van der Waals surface area contributed by atoms with Crippen LogP contribution in [0, 0.1) is 0 Å². The maximum atomic E-state index is 5.70. The maximum Gasteiger partial charge on any atom is 0.106 e. The summed E-state index contributed by atoms with van der Waals surface area (Å²) in [6.07, 6.45) is 0.259. The first-order valence-corrected chi connectivity index (χ1v) is 6.14. The number of para-hydroxylation sites is 1. The Morgan fingerprint density at radius 3 is 2.65 bits per heavy atom. The van der Waals surface area contributed by atoms with Gasteiger partial charge in [-0.3, -0.25) is 0 Å². The molecule has 0 aliphatic carbocycles. The topological polar surface area (TPSA) is 38.5 Å². The Bertz CT molecular complexity index is 379. The van der Waals surface area contributed by atoms with Crippen molar-refractivity contribution in [3.63, 3.8) is 0 Å². The molecule has 0 atom stereocenters. The summed E-state index contributed by atoms with van der Waals surface area (Å²) in [4.78, 5) is 2.54. The van der Waals surface area contributed by atoms with E-state index in [-0.39, 0.29) is 6.10 Å². The van der Waals surface area contributed by atoms with Gasteiger partial charge in [0.1, 0.15) is 4.99 Å². The van der Waals surface area contributed by atoms with Gasteiger partial charge in [-0.15, -0.1) is 0 Å². The molecule has 0 amide bonds. The summed E-state index contributed by atoms with van der Waals surface area (Å²) >= 11 is 5.04. The molecule has 94 valence electrons. The molecule has 0 unspecified atom stereocenters. The summed E-state index contributed by atoms with van der Waals surface area (Å²) in [6, 6.07) is 7.88. The van der Waals surface area contributed by atoms with Gasteiger partial charge in [0.15, 0.2) is 0 Å². The molecular formula is C13H20N2OS. The molecule has 0 spiro atoms. The SMILES string of the molecule is CC(C)OCCN(C)c1ccccc1C(N)=S. The quantitative estimate of drug-likeness (QED) is 0.788. The minimum Gasteiger partial charge on any atom is -0.389 e. The Hall–Kier alpha value is -1.13. The molecule has 0 bridgehead atoms. The minimum atomic E-state index is 0.259. The molecule has 0 aromatic heterocycles. The van der Waals surface area contributed by atoms with Crippen molar-refractivity contribution >= 4 is 22.9 Å². The van der Waals surface area contributed by atoms with Crippen molar-refractivity contribution in [2.24, 2.45) is 5.73 Å². The first-order chi connectivity index (χ1) is 8.02. The lowest BCUT2D eigenvalue weighted by Gasteiger charge is -2.22. The normalized spacial score (nSPS) is 10.6. The zero-order valence-electron chi connectivity index (χ0n) is 10.6. The highest BCUT2D eigenvalue weighted by molar-refractivity contribution is 7.80. The molecule has 17 heavy (non-hydrogen) atoms. The van der Waals surface area contributed by atoms with E-state index in [2.05, 4.69) is 4.90 Å². The number of nitrogens with zero attached hydrogens (tertiary/aromatic N) is 1. The second-order valence-electron chi connectivity index (χ2n) is 4.22. The smallest absolute Gasteiger partial charge is 0.106 e. The Morgan fingerprint density at radius 1 is 1.41 bits per heavy atom. The number of benzene rings is 1. The summed E-state index contributed by atoms with van der Waals surface area (Å²) in [5.41, 5.74) is 7.66. The average Bonchev–Trinajstić information content (AvgIpc) is 2.28. The third-order valence-corrected chi connectivity index (χ3v) is 2.68. The lowest BCUT2D eigenvalue weighted by molar-refractivity contribution is 0.0846. The summed E-state index contributed by atoms with van der Waals surface area (Å²) in [5, 5.41) is 0. The third-order valence-electron chi connectivity index (χ3n) is 2.46. The van der Waals surface area contributed by atoms with Crippen LogP contribution < -0.4 is 10.6 Å². The van der Waals surface area contributed by atoms with Crippen LogP contribution in [0.25, 0.3) is 0 Å². The Labute approximate surface area is 109 Å². The van der Waals surface area contributed by atoms with Gasteiger partial charge in [0.25, 0.3) is 0 Å². The van der Waals surface area contributed by atoms with Crippen molar-refractivity contribution in [3.8, 4) is 0 Å². The Kier molecular flexibility index (Phi) is 5.38. The maximum absolute atomic E-state index is 5.70. The van der Waals surface area contributed by atoms with Gasteiger partial charge in [-0.1, -0.05) is 24.4 Å². The van der Waals surface area contributed by atoms with Gasteiger partial charge in [-0.05, 0) is 26.0 Å². The van der Waals surface area contributed by atoms with Crippen molar-refractivity contribution in [1.29, 1.82) is 0 Å². The summed E-state index contributed by atoms with van der Waals surface area (Å²) < 4.78 is 5.53. The molecule has 0 aliphatic rings. The van der Waals surface area contributed by atoms with Gasteiger partial charge in [0.2, 0.25) is 0 Å². The van der Waals surface area contributed by atoms with E-state index in [4.69, 9.17) is 22.7 Å². The minimum absolute atomic E-state index is 0.259. The van der Waals surface area contributed by atoms with Crippen LogP contribution in [0.4, 0.5) is 5.69 Å². The number of likely N-dealkylation sites (N-methyl/N-ethyl adjacent to an activating group) is 1. The zero-order chi connectivity index (χ0) is 12.8. The fraction of sp³-hybridized carbons (Fsp3) is 0.462. The van der Waals surface area contributed by atoms with Gasteiger partial charge in [0, 0.05) is 24.8 Å². The fourth-order valence-electron chi connectivity index (χ4n) is 1.56. The van der Waals surface area contributed by atoms with Crippen LogP contribution in [0.2, 0.25) is 0 Å². The van der Waals surface area contributed by atoms with E-state index < -0.39 is 0 Å². The first-order valence-electron chi connectivity index (χ1n) is 5.74. The van der Waals surface area contributed by atoms with Crippen molar-refractivity contribution in [1.82, 2.24) is 0 Å². The lowest BCUT2D eigenvalue weighted by atomic mass is 10.1. The van der Waals surface area contributed by atoms with Gasteiger partial charge in [0.05, 0.1) is 12.7 Å². The van der Waals surface area contributed by atoms with Crippen molar-refractivity contribution in [2.45, 2.75) is 20.0 Å². The molecule has 0 saturated heterocycles. The number of thiocarbonyl (C=S) groups is 1. The largest absolute Gasteiger partial charge is 0.389 e. The highest BCUT2D eigenvalue weighted by Gasteiger charge is 2.08. The van der Waals surface area contributed by atoms with Gasteiger partial charge in [-0.2, -0.15) is 0 Å². The van der Waals surface area contributed by atoms with E-state index in [9.17, 15) is 0 Å². The van der Waals surface area contributed by atoms with Crippen LogP contribution in [0.5, 0.6) is 0 Å². The summed E-state index contributed by atoms with van der Waals surface area (Å²) in [6.45, 7) is 5.57. The van der Waals surface area contributed by atoms with Crippen molar-refractivity contribution in [2.75, 3.05) is 25.1 Å². The predicted molar refractivity (Wildman–Crippen MR) is 76.7 cm³/mol. The fourth-order valence-corrected chi connectivity index (χ4v) is 1.73. The van der Waals surface area contributed by atoms with E-state index in [0.717, 1.165) is 17.8 Å². The summed E-state index contributed by atoms with van der Waals surface area (Å²) in [5.74, 6) is 0. The highest BCUT2D eigenvalue weighted by Crippen LogP contribution is 2.18. The first kappa shape index (κ1) is 13.9. The molecule has 1 aromatic rings. The Balaban J connectivity index is 2.68. The van der Waals surface area contributed by atoms with Crippen LogP contribution in [-0.4, -0.2) is 31.3 Å². The standard InChI is InChI=1S/C13H20N2OS/c1-10(2)16-9-8-15(3)12-7-5-4-6-11(12)13(14)17/h4-7,10H,8-9H2,1-3H3,(H2,14,17). The number of anilines is 1. The second kappa shape index (κ2) is 6.57. The van der Waals surface area contributed by atoms with E-state index in [1.165, 1.54) is 0 Å². The summed E-state index contributed by atoms with van der Waals surface area (Å²) in [7, 11) is 2.01. The predicted octanol–water partition coefficient (Wildman–Crippen LogP) is 2.18. The highest BCUT2D eigenvalue weighted by atomic mass is 32.1. The number of ether oxygens (including phenoxy) is 1. The number of hydrogen-bond donors (Lipinski definition) is 1. The molecule has 0 radical (unpaired) electrons. The molecule has 2 N–H and O–H groups in total. The monoisotopic (exact) mass is 252 g/mol. The lowest BCUT2D eigenvalue weighted by Crippen LogP contribution is -2.26. The molecular weight excluding hydrogens is 232 g/mol. The van der Waals surface area contributed by atoms with Gasteiger partial charge >= 0.3 is 0 Å². The van der Waals surface area contributed by atoms with Crippen LogP contribution in [0.15, 0.2) is 24.3 Å². The molecule has 0 saturated carbocycles. The molecule has 0 aliphatic heterocycles. The van der Waals surface area contributed by atoms with E-state index in [0.29, 0.717) is 11.6 Å². The van der Waals surface area contributed by atoms with Crippen LogP contribution in [0.3, 0.4) is 0 Å². The van der Waals surface area contributed by atoms with E-state index >= 15 is 0 Å². The number of hydrogen-bond acceptors (Lipinski definition) is 3. The number of rotatable bonds is 6. The van der Waals surface area contributed by atoms with Crippen LogP contribution >= 0.6 is 12.2 Å². The van der Waals surface area contributed by atoms with E-state index in [1.54, 1.807) is 0 Å². The molecule has 3 nitrogen and oxygen atoms in total. The van der Waals surface area contributed by atoms with Crippen molar-refractivity contribution < 1.29 is 4.74 Å². The van der Waals surface area contributed by atoms with Gasteiger partial charge < -0.3 is 15.4 Å². The van der Waals surface area contributed by atoms with Crippen LogP contribution in [0.1, 0.15) is 19.4 Å². The van der Waals surface area contributed by atoms with Gasteiger partial charge in [-0.25, -0.2) is 0 Å². The third kappa shape index (κ3) is 4.32. The average molecular weight is 252 g/mol. The molecule has 0 heterocycles. The van der Waals surface area contributed by atoms with Crippen molar-refractivity contribution in [3.05, 3.63) is 29.8 Å². The molecule has 1 rings (SSSR count).